The zero-order chi connectivity index (χ0) is 23.5. The second kappa shape index (κ2) is 9.27. The third-order valence-electron chi connectivity index (χ3n) is 6.09. The number of allylic oxidation sites excluding steroid dienone is 4. The molecule has 1 heterocycles. The summed E-state index contributed by atoms with van der Waals surface area (Å²) in [5.74, 6) is 1.13. The van der Waals surface area contributed by atoms with Crippen LogP contribution in [0.2, 0.25) is 0 Å². The van der Waals surface area contributed by atoms with Crippen LogP contribution in [0.4, 0.5) is 17.1 Å². The van der Waals surface area contributed by atoms with Gasteiger partial charge in [0.2, 0.25) is 11.8 Å². The topological polar surface area (TPSA) is 42.2 Å². The summed E-state index contributed by atoms with van der Waals surface area (Å²) in [6.45, 7) is 0. The highest BCUT2D eigenvalue weighted by Crippen LogP contribution is 2.35. The lowest BCUT2D eigenvalue weighted by Gasteiger charge is -2.25. The summed E-state index contributed by atoms with van der Waals surface area (Å²) in [6, 6.07) is 37.7. The van der Waals surface area contributed by atoms with E-state index in [-0.39, 0.29) is 0 Å². The van der Waals surface area contributed by atoms with Gasteiger partial charge in [-0.1, -0.05) is 78.9 Å². The molecule has 0 spiro atoms. The SMILES string of the molecule is C1=CCC(c2nnc(-c3ccc(-c4ccc(N(c5ccccc5)c5ccccc5)cc4)cc3)o2)=C1. The molecule has 0 radical (unpaired) electrons. The van der Waals surface area contributed by atoms with Crippen molar-refractivity contribution in [3.05, 3.63) is 133 Å². The van der Waals surface area contributed by atoms with E-state index in [1.807, 2.05) is 36.4 Å². The monoisotopic (exact) mass is 453 g/mol. The fourth-order valence-electron chi connectivity index (χ4n) is 4.29. The minimum atomic E-state index is 0.538. The van der Waals surface area contributed by atoms with E-state index in [0.29, 0.717) is 11.8 Å². The van der Waals surface area contributed by atoms with E-state index in [4.69, 9.17) is 4.42 Å². The molecule has 1 aromatic heterocycles. The molecule has 168 valence electrons. The molecular formula is C31H23N3O. The molecule has 5 aromatic rings. The van der Waals surface area contributed by atoms with Crippen LogP contribution in [-0.4, -0.2) is 10.2 Å². The van der Waals surface area contributed by atoms with Gasteiger partial charge in [0.1, 0.15) is 0 Å². The summed E-state index contributed by atoms with van der Waals surface area (Å²) in [4.78, 5) is 2.26. The molecule has 1 aliphatic carbocycles. The standard InChI is InChI=1S/C31H23N3O/c1-3-11-27(12-4-1)34(28-13-5-2-6-14-28)29-21-19-24(20-22-29)23-15-17-26(18-16-23)31-33-32-30(35-31)25-9-7-8-10-25/h1-9,11-22H,10H2. The van der Waals surface area contributed by atoms with Gasteiger partial charge in [-0.2, -0.15) is 0 Å². The van der Waals surface area contributed by atoms with Crippen LogP contribution in [0, 0.1) is 0 Å². The molecule has 0 saturated heterocycles. The summed E-state index contributed by atoms with van der Waals surface area (Å²) in [6.07, 6.45) is 6.94. The Morgan fingerprint density at radius 1 is 0.543 bits per heavy atom. The number of benzene rings is 4. The quantitative estimate of drug-likeness (QED) is 0.260. The molecule has 0 aliphatic heterocycles. The number of aromatic nitrogens is 2. The first-order chi connectivity index (χ1) is 17.3. The van der Waals surface area contributed by atoms with E-state index in [2.05, 4.69) is 106 Å². The lowest BCUT2D eigenvalue weighted by atomic mass is 10.0. The van der Waals surface area contributed by atoms with Gasteiger partial charge < -0.3 is 9.32 Å². The molecule has 4 heteroatoms. The smallest absolute Gasteiger partial charge is 0.248 e. The predicted octanol–water partition coefficient (Wildman–Crippen LogP) is 8.22. The maximum atomic E-state index is 5.89. The third kappa shape index (κ3) is 4.30. The number of para-hydroxylation sites is 2. The van der Waals surface area contributed by atoms with Crippen LogP contribution in [0.15, 0.2) is 132 Å². The fourth-order valence-corrected chi connectivity index (χ4v) is 4.29. The van der Waals surface area contributed by atoms with Crippen LogP contribution in [0.3, 0.4) is 0 Å². The maximum Gasteiger partial charge on any atom is 0.248 e. The van der Waals surface area contributed by atoms with Gasteiger partial charge in [0.05, 0.1) is 0 Å². The minimum Gasteiger partial charge on any atom is -0.416 e. The summed E-state index contributed by atoms with van der Waals surface area (Å²) < 4.78 is 5.89. The van der Waals surface area contributed by atoms with Crippen LogP contribution in [0.5, 0.6) is 0 Å². The molecule has 4 aromatic carbocycles. The Bertz CT molecular complexity index is 1440. The van der Waals surface area contributed by atoms with E-state index < -0.39 is 0 Å². The molecule has 35 heavy (non-hydrogen) atoms. The molecule has 6 rings (SSSR count). The molecule has 0 N–H and O–H groups in total. The van der Waals surface area contributed by atoms with Gasteiger partial charge in [-0.15, -0.1) is 10.2 Å². The molecule has 0 bridgehead atoms. The third-order valence-corrected chi connectivity index (χ3v) is 6.09. The Kier molecular flexibility index (Phi) is 5.53. The number of anilines is 3. The van der Waals surface area contributed by atoms with Crippen molar-refractivity contribution in [3.8, 4) is 22.6 Å². The van der Waals surface area contributed by atoms with Crippen molar-refractivity contribution >= 4 is 22.6 Å². The highest BCUT2D eigenvalue weighted by atomic mass is 16.4. The number of hydrogen-bond donors (Lipinski definition) is 0. The largest absolute Gasteiger partial charge is 0.416 e. The van der Waals surface area contributed by atoms with Crippen molar-refractivity contribution in [2.45, 2.75) is 6.42 Å². The summed E-state index contributed by atoms with van der Waals surface area (Å²) in [5.41, 5.74) is 7.61. The molecule has 0 saturated carbocycles. The minimum absolute atomic E-state index is 0.538. The average molecular weight is 454 g/mol. The van der Waals surface area contributed by atoms with Crippen molar-refractivity contribution < 1.29 is 4.42 Å². The molecular weight excluding hydrogens is 430 g/mol. The Labute approximate surface area is 204 Å². The van der Waals surface area contributed by atoms with Crippen LogP contribution in [-0.2, 0) is 0 Å². The average Bonchev–Trinajstić information content (AvgIpc) is 3.64. The summed E-state index contributed by atoms with van der Waals surface area (Å²) in [7, 11) is 0. The van der Waals surface area contributed by atoms with Crippen molar-refractivity contribution in [1.82, 2.24) is 10.2 Å². The zero-order valence-corrected chi connectivity index (χ0v) is 19.1. The van der Waals surface area contributed by atoms with E-state index in [0.717, 1.165) is 45.7 Å². The van der Waals surface area contributed by atoms with Crippen LogP contribution in [0.1, 0.15) is 12.3 Å². The van der Waals surface area contributed by atoms with Crippen molar-refractivity contribution in [2.75, 3.05) is 4.90 Å². The van der Waals surface area contributed by atoms with Crippen molar-refractivity contribution in [1.29, 1.82) is 0 Å². The number of rotatable bonds is 6. The highest BCUT2D eigenvalue weighted by molar-refractivity contribution is 5.78. The van der Waals surface area contributed by atoms with Gasteiger partial charge in [-0.25, -0.2) is 0 Å². The Hall–Kier alpha value is -4.70. The molecule has 0 unspecified atom stereocenters. The molecule has 0 atom stereocenters. The molecule has 1 aliphatic rings. The van der Waals surface area contributed by atoms with Gasteiger partial charge in [0, 0.05) is 28.2 Å². The van der Waals surface area contributed by atoms with Crippen molar-refractivity contribution in [3.63, 3.8) is 0 Å². The maximum absolute atomic E-state index is 5.89. The number of hydrogen-bond acceptors (Lipinski definition) is 4. The second-order valence-electron chi connectivity index (χ2n) is 8.37. The first-order valence-electron chi connectivity index (χ1n) is 11.7. The second-order valence-corrected chi connectivity index (χ2v) is 8.37. The van der Waals surface area contributed by atoms with E-state index in [1.165, 1.54) is 0 Å². The van der Waals surface area contributed by atoms with Crippen molar-refractivity contribution in [2.24, 2.45) is 0 Å². The Morgan fingerprint density at radius 3 is 1.63 bits per heavy atom. The zero-order valence-electron chi connectivity index (χ0n) is 19.1. The van der Waals surface area contributed by atoms with Gasteiger partial charge >= 0.3 is 0 Å². The summed E-state index contributed by atoms with van der Waals surface area (Å²) >= 11 is 0. The fraction of sp³-hybridized carbons (Fsp3) is 0.0323. The highest BCUT2D eigenvalue weighted by Gasteiger charge is 2.14. The lowest BCUT2D eigenvalue weighted by molar-refractivity contribution is 0.552. The van der Waals surface area contributed by atoms with Gasteiger partial charge in [-0.05, 0) is 66.1 Å². The lowest BCUT2D eigenvalue weighted by Crippen LogP contribution is -2.09. The van der Waals surface area contributed by atoms with Crippen LogP contribution >= 0.6 is 0 Å². The summed E-state index contributed by atoms with van der Waals surface area (Å²) in [5, 5.41) is 8.43. The normalized spacial score (nSPS) is 12.5. The van der Waals surface area contributed by atoms with Gasteiger partial charge in [0.15, 0.2) is 0 Å². The van der Waals surface area contributed by atoms with Crippen LogP contribution in [0.25, 0.3) is 28.2 Å². The molecule has 0 amide bonds. The molecule has 0 fully saturated rings. The number of nitrogens with zero attached hydrogens (tertiary/aromatic N) is 3. The first-order valence-corrected chi connectivity index (χ1v) is 11.7. The van der Waals surface area contributed by atoms with Gasteiger partial charge in [-0.3, -0.25) is 0 Å². The van der Waals surface area contributed by atoms with E-state index in [1.54, 1.807) is 0 Å². The van der Waals surface area contributed by atoms with E-state index in [9.17, 15) is 0 Å². The van der Waals surface area contributed by atoms with Gasteiger partial charge in [0.25, 0.3) is 0 Å². The molecule has 4 nitrogen and oxygen atoms in total. The van der Waals surface area contributed by atoms with E-state index >= 15 is 0 Å². The van der Waals surface area contributed by atoms with Crippen LogP contribution < -0.4 is 4.90 Å². The Morgan fingerprint density at radius 2 is 1.06 bits per heavy atom. The first kappa shape index (κ1) is 20.9. The predicted molar refractivity (Wildman–Crippen MR) is 142 cm³/mol. The Balaban J connectivity index is 1.25.